The van der Waals surface area contributed by atoms with E-state index < -0.39 is 42.6 Å². The van der Waals surface area contributed by atoms with Crippen LogP contribution in [0.1, 0.15) is 19.4 Å². The third-order valence-corrected chi connectivity index (χ3v) is 7.19. The molecule has 0 aliphatic carbocycles. The summed E-state index contributed by atoms with van der Waals surface area (Å²) in [5, 5.41) is 11.6. The minimum atomic E-state index is -5.12. The van der Waals surface area contributed by atoms with Gasteiger partial charge in [0.15, 0.2) is 0 Å². The summed E-state index contributed by atoms with van der Waals surface area (Å²) in [5.41, 5.74) is 6.69. The molecule has 2 rings (SSSR count). The van der Waals surface area contributed by atoms with Gasteiger partial charge in [0.1, 0.15) is 6.10 Å². The van der Waals surface area contributed by atoms with Gasteiger partial charge >= 0.3 is 13.9 Å². The van der Waals surface area contributed by atoms with Gasteiger partial charge < -0.3 is 25.9 Å². The van der Waals surface area contributed by atoms with Gasteiger partial charge in [0, 0.05) is 18.8 Å². The number of hydrogen-bond donors (Lipinski definition) is 5. The first-order chi connectivity index (χ1) is 15.8. The van der Waals surface area contributed by atoms with Crippen molar-refractivity contribution in [1.82, 2.24) is 9.62 Å². The van der Waals surface area contributed by atoms with E-state index in [-0.39, 0.29) is 23.8 Å². The van der Waals surface area contributed by atoms with E-state index in [2.05, 4.69) is 5.32 Å². The van der Waals surface area contributed by atoms with Gasteiger partial charge in [-0.25, -0.2) is 17.8 Å². The van der Waals surface area contributed by atoms with Gasteiger partial charge in [0.2, 0.25) is 10.0 Å². The number of benzene rings is 2. The summed E-state index contributed by atoms with van der Waals surface area (Å²) in [6.07, 6.45) is -2.94. The van der Waals surface area contributed by atoms with Crippen molar-refractivity contribution in [2.24, 2.45) is 5.92 Å². The Kier molecular flexibility index (Phi) is 9.63. The summed E-state index contributed by atoms with van der Waals surface area (Å²) in [7, 11) is -9.24. The number of nitrogens with zero attached hydrogens (tertiary/aromatic N) is 1. The number of nitrogen functional groups attached to an aromatic ring is 1. The molecule has 188 valence electrons. The van der Waals surface area contributed by atoms with E-state index in [1.54, 1.807) is 44.2 Å². The van der Waals surface area contributed by atoms with Crippen LogP contribution in [0.4, 0.5) is 10.5 Å². The molecule has 0 aromatic heterocycles. The highest BCUT2D eigenvalue weighted by atomic mass is 32.2. The van der Waals surface area contributed by atoms with Crippen LogP contribution in [-0.4, -0.2) is 58.9 Å². The molecule has 0 saturated carbocycles. The zero-order valence-electron chi connectivity index (χ0n) is 18.8. The van der Waals surface area contributed by atoms with E-state index >= 15 is 0 Å². The normalized spacial score (nSPS) is 14.2. The minimum Gasteiger partial charge on any atom is -0.465 e. The highest BCUT2D eigenvalue weighted by Crippen LogP contribution is 2.39. The fourth-order valence-electron chi connectivity index (χ4n) is 3.38. The van der Waals surface area contributed by atoms with Crippen LogP contribution in [0.5, 0.6) is 0 Å². The molecule has 0 saturated heterocycles. The average molecular weight is 516 g/mol. The van der Waals surface area contributed by atoms with Crippen LogP contribution < -0.4 is 11.1 Å². The second-order valence-electron chi connectivity index (χ2n) is 8.17. The van der Waals surface area contributed by atoms with Gasteiger partial charge in [0.05, 0.1) is 10.9 Å². The van der Waals surface area contributed by atoms with Crippen LogP contribution in [-0.2, 0) is 25.5 Å². The summed E-state index contributed by atoms with van der Waals surface area (Å²) in [6.45, 7) is 3.05. The lowest BCUT2D eigenvalue weighted by molar-refractivity contribution is 0.0824. The molecule has 13 heteroatoms. The molecule has 0 aliphatic rings. The second kappa shape index (κ2) is 11.8. The third kappa shape index (κ3) is 8.71. The maximum atomic E-state index is 13.4. The van der Waals surface area contributed by atoms with Gasteiger partial charge in [-0.3, -0.25) is 4.52 Å². The maximum Gasteiger partial charge on any atom is 0.469 e. The lowest BCUT2D eigenvalue weighted by atomic mass is 10.0. The Morgan fingerprint density at radius 1 is 1.09 bits per heavy atom. The van der Waals surface area contributed by atoms with Gasteiger partial charge in [-0.1, -0.05) is 44.2 Å². The van der Waals surface area contributed by atoms with Crippen molar-refractivity contribution in [1.29, 1.82) is 0 Å². The van der Waals surface area contributed by atoms with Crippen molar-refractivity contribution in [3.8, 4) is 0 Å². The highest BCUT2D eigenvalue weighted by Gasteiger charge is 2.36. The summed E-state index contributed by atoms with van der Waals surface area (Å²) >= 11 is 0. The van der Waals surface area contributed by atoms with E-state index in [1.165, 1.54) is 24.3 Å². The number of amides is 1. The zero-order chi connectivity index (χ0) is 25.5. The van der Waals surface area contributed by atoms with Crippen LogP contribution in [0, 0.1) is 5.92 Å². The molecular formula is C21H30N3O8PS. The molecule has 6 N–H and O–H groups in total. The van der Waals surface area contributed by atoms with Crippen molar-refractivity contribution >= 4 is 29.6 Å². The molecule has 0 radical (unpaired) electrons. The predicted molar refractivity (Wildman–Crippen MR) is 126 cm³/mol. The van der Waals surface area contributed by atoms with Gasteiger partial charge in [-0.15, -0.1) is 0 Å². The van der Waals surface area contributed by atoms with Gasteiger partial charge in [-0.2, -0.15) is 4.31 Å². The summed E-state index contributed by atoms with van der Waals surface area (Å²) in [5.74, 6) is -0.153. The molecule has 0 heterocycles. The van der Waals surface area contributed by atoms with Gasteiger partial charge in [0.25, 0.3) is 0 Å². The number of nitrogens with two attached hydrogens (primary N) is 1. The largest absolute Gasteiger partial charge is 0.469 e. The smallest absolute Gasteiger partial charge is 0.465 e. The Morgan fingerprint density at radius 3 is 2.18 bits per heavy atom. The molecular weight excluding hydrogens is 485 g/mol. The first-order valence-electron chi connectivity index (χ1n) is 10.4. The van der Waals surface area contributed by atoms with Crippen LogP contribution in [0.3, 0.4) is 0 Å². The standard InChI is InChI=1S/C21H30N3O8PS/c1-15(2)13-24(34(30,31)18-10-8-17(22)9-11-18)14-20(32-33(27,28)29)19(23-21(25)26)12-16-6-4-3-5-7-16/h3-11,15,19-20,23H,12-14,22H2,1-2H3,(H,25,26)(H2,27,28,29)/t19-,20-/m0/s1. The predicted octanol–water partition coefficient (Wildman–Crippen LogP) is 2.27. The molecule has 2 aromatic rings. The van der Waals surface area contributed by atoms with Crippen molar-refractivity contribution < 1.29 is 37.2 Å². The quantitative estimate of drug-likeness (QED) is 0.209. The lowest BCUT2D eigenvalue weighted by Gasteiger charge is -2.32. The maximum absolute atomic E-state index is 13.4. The fourth-order valence-corrected chi connectivity index (χ4v) is 5.56. The monoisotopic (exact) mass is 515 g/mol. The number of carbonyl (C=O) groups is 1. The zero-order valence-corrected chi connectivity index (χ0v) is 20.5. The highest BCUT2D eigenvalue weighted by molar-refractivity contribution is 7.89. The molecule has 34 heavy (non-hydrogen) atoms. The molecule has 0 spiro atoms. The van der Waals surface area contributed by atoms with Crippen molar-refractivity contribution in [2.45, 2.75) is 37.3 Å². The van der Waals surface area contributed by atoms with Crippen molar-refractivity contribution in [3.05, 3.63) is 60.2 Å². The Labute approximate surface area is 198 Å². The molecule has 0 bridgehead atoms. The van der Waals surface area contributed by atoms with E-state index in [9.17, 15) is 32.7 Å². The van der Waals surface area contributed by atoms with Crippen molar-refractivity contribution in [3.63, 3.8) is 0 Å². The molecule has 1 amide bonds. The third-order valence-electron chi connectivity index (χ3n) is 4.80. The van der Waals surface area contributed by atoms with Gasteiger partial charge in [-0.05, 0) is 42.2 Å². The van der Waals surface area contributed by atoms with E-state index in [0.29, 0.717) is 11.3 Å². The number of sulfonamides is 1. The van der Waals surface area contributed by atoms with E-state index in [1.807, 2.05) is 0 Å². The first-order valence-corrected chi connectivity index (χ1v) is 13.4. The van der Waals surface area contributed by atoms with E-state index in [4.69, 9.17) is 10.3 Å². The summed E-state index contributed by atoms with van der Waals surface area (Å²) in [4.78, 5) is 30.4. The molecule has 0 fully saturated rings. The first kappa shape index (κ1) is 27.8. The van der Waals surface area contributed by atoms with Crippen LogP contribution in [0.25, 0.3) is 0 Å². The second-order valence-corrected chi connectivity index (χ2v) is 11.3. The molecule has 11 nitrogen and oxygen atoms in total. The topological polar surface area (TPSA) is 179 Å². The summed E-state index contributed by atoms with van der Waals surface area (Å²) < 4.78 is 44.5. The Morgan fingerprint density at radius 2 is 1.68 bits per heavy atom. The van der Waals surface area contributed by atoms with Crippen LogP contribution in [0.15, 0.2) is 59.5 Å². The number of phosphoric acid groups is 1. The number of phosphoric ester groups is 1. The molecule has 2 atom stereocenters. The summed E-state index contributed by atoms with van der Waals surface area (Å²) in [6, 6.07) is 13.0. The van der Waals surface area contributed by atoms with Crippen LogP contribution in [0.2, 0.25) is 0 Å². The molecule has 2 aromatic carbocycles. The van der Waals surface area contributed by atoms with Crippen LogP contribution >= 0.6 is 7.82 Å². The number of nitrogens with one attached hydrogen (secondary N) is 1. The number of anilines is 1. The minimum absolute atomic E-state index is 0.00113. The number of rotatable bonds is 12. The molecule has 0 aliphatic heterocycles. The Bertz CT molecular complexity index is 1090. The fraction of sp³-hybridized carbons (Fsp3) is 0.381. The Hall–Kier alpha value is -2.47. The number of hydrogen-bond acceptors (Lipinski definition) is 6. The average Bonchev–Trinajstić information content (AvgIpc) is 2.71. The molecule has 0 unspecified atom stereocenters. The van der Waals surface area contributed by atoms with Crippen molar-refractivity contribution in [2.75, 3.05) is 18.8 Å². The lowest BCUT2D eigenvalue weighted by Crippen LogP contribution is -2.51. The SMILES string of the molecule is CC(C)CN(C[C@H](OP(=O)(O)O)[C@H](Cc1ccccc1)NC(=O)O)S(=O)(=O)c1ccc(N)cc1. The Balaban J connectivity index is 2.48. The number of carboxylic acid groups (broad SMARTS) is 1. The van der Waals surface area contributed by atoms with E-state index in [0.717, 1.165) is 4.31 Å².